The van der Waals surface area contributed by atoms with Gasteiger partial charge in [-0.15, -0.1) is 0 Å². The van der Waals surface area contributed by atoms with Crippen LogP contribution in [0.3, 0.4) is 0 Å². The van der Waals surface area contributed by atoms with E-state index in [1.54, 1.807) is 0 Å². The van der Waals surface area contributed by atoms with Crippen molar-refractivity contribution in [2.24, 2.45) is 0 Å². The molecule has 77 heavy (non-hydrogen) atoms. The van der Waals surface area contributed by atoms with Gasteiger partial charge in [-0.25, -0.2) is 0 Å². The van der Waals surface area contributed by atoms with E-state index in [1.165, 1.54) is 110 Å². The number of fused-ring (bicyclic) bond motifs is 13. The number of hydrogen-bond donors (Lipinski definition) is 0. The van der Waals surface area contributed by atoms with Crippen LogP contribution >= 0.6 is 0 Å². The van der Waals surface area contributed by atoms with Crippen molar-refractivity contribution in [1.29, 1.82) is 0 Å². The zero-order chi connectivity index (χ0) is 53.9. The van der Waals surface area contributed by atoms with E-state index in [0.717, 1.165) is 28.6 Å². The van der Waals surface area contributed by atoms with Gasteiger partial charge in [0.15, 0.2) is 0 Å². The Kier molecular flexibility index (Phi) is 10.7. The number of anilines is 6. The molecule has 0 radical (unpaired) electrons. The molecule has 2 heterocycles. The molecule has 0 unspecified atom stereocenters. The smallest absolute Gasteiger partial charge is 0.256 e. The van der Waals surface area contributed by atoms with E-state index in [4.69, 9.17) is 4.74 Å². The molecule has 13 rings (SSSR count). The first kappa shape index (κ1) is 49.0. The first-order valence-corrected chi connectivity index (χ1v) is 27.9. The molecule has 0 fully saturated rings. The van der Waals surface area contributed by atoms with E-state index in [9.17, 15) is 0 Å². The Morgan fingerprint density at radius 3 is 1.57 bits per heavy atom. The van der Waals surface area contributed by atoms with E-state index in [-0.39, 0.29) is 33.8 Å². The van der Waals surface area contributed by atoms with Crippen LogP contribution in [-0.2, 0) is 27.1 Å². The molecule has 4 heteroatoms. The van der Waals surface area contributed by atoms with Crippen molar-refractivity contribution in [1.82, 2.24) is 0 Å². The SMILES string of the molecule is CC(C)(C)c1ccc(N(c2ccc3c4ccccc4c4ccccc4c3c2)c2cc(N3c4ccc(C(C)(C)C)cc4B4c5cc(C(C)(C)C)ccc5Oc5cc(C(C)(C)C)cc3c54)cc3c2C(C)(C)c2ccccc2-3)cc1. The summed E-state index contributed by atoms with van der Waals surface area (Å²) in [6.07, 6.45) is 0. The summed E-state index contributed by atoms with van der Waals surface area (Å²) in [5, 5.41) is 7.58. The fourth-order valence-corrected chi connectivity index (χ4v) is 13.2. The van der Waals surface area contributed by atoms with Crippen LogP contribution in [0.4, 0.5) is 34.1 Å². The Balaban J connectivity index is 1.14. The highest BCUT2D eigenvalue weighted by atomic mass is 16.5. The van der Waals surface area contributed by atoms with Gasteiger partial charge in [0, 0.05) is 33.9 Å². The lowest BCUT2D eigenvalue weighted by Gasteiger charge is -2.42. The fourth-order valence-electron chi connectivity index (χ4n) is 13.2. The average molecular weight is 1000 g/mol. The molecule has 0 saturated carbocycles. The average Bonchev–Trinajstić information content (AvgIpc) is 3.94. The number of benzene rings is 10. The Hall–Kier alpha value is -7.56. The second-order valence-corrected chi connectivity index (χ2v) is 27.1. The van der Waals surface area contributed by atoms with Gasteiger partial charge in [-0.3, -0.25) is 0 Å². The number of rotatable bonds is 4. The molecule has 0 amide bonds. The predicted octanol–water partition coefficient (Wildman–Crippen LogP) is 18.5. The van der Waals surface area contributed by atoms with Crippen LogP contribution in [0, 0.1) is 0 Å². The van der Waals surface area contributed by atoms with Crippen molar-refractivity contribution >= 4 is 89.5 Å². The first-order chi connectivity index (χ1) is 36.5. The summed E-state index contributed by atoms with van der Waals surface area (Å²) in [6.45, 7) is 32.7. The van der Waals surface area contributed by atoms with Crippen molar-refractivity contribution in [3.63, 3.8) is 0 Å². The summed E-state index contributed by atoms with van der Waals surface area (Å²) < 4.78 is 7.24. The molecule has 382 valence electrons. The Labute approximate surface area is 457 Å². The molecule has 1 aliphatic carbocycles. The predicted molar refractivity (Wildman–Crippen MR) is 332 cm³/mol. The third-order valence-electron chi connectivity index (χ3n) is 17.5. The molecule has 0 saturated heterocycles. The van der Waals surface area contributed by atoms with Crippen LogP contribution in [0.1, 0.15) is 130 Å². The topological polar surface area (TPSA) is 15.7 Å². The standard InChI is InChI=1S/C73H71BN2O/c1-69(2,3)44-27-31-48(32-28-44)75(49-33-34-55-53-23-16-15-21-51(53)52-22-17-18-24-54(52)57(55)41-49)63-43-50(42-58-56-25-19-20-26-59(56)73(13,14)67(58)63)76-62-35-29-45(70(4,5)6)37-60(62)74-61-38-46(71(7,8)9)30-36-65(61)77-66-40-47(72(10,11)12)39-64(76)68(66)74/h15-43H,1-14H3. The molecule has 2 aliphatic heterocycles. The lowest BCUT2D eigenvalue weighted by Crippen LogP contribution is -2.60. The summed E-state index contributed by atoms with van der Waals surface area (Å²) in [5.41, 5.74) is 20.4. The molecular weight excluding hydrogens is 932 g/mol. The molecule has 0 bridgehead atoms. The number of ether oxygens (including phenoxy) is 1. The van der Waals surface area contributed by atoms with Gasteiger partial charge in [0.25, 0.3) is 6.71 Å². The number of nitrogens with zero attached hydrogens (tertiary/aromatic N) is 2. The molecule has 3 aliphatic rings. The monoisotopic (exact) mass is 1000 g/mol. The molecule has 0 aromatic heterocycles. The quantitative estimate of drug-likeness (QED) is 0.129. The van der Waals surface area contributed by atoms with Crippen LogP contribution in [0.5, 0.6) is 11.5 Å². The highest BCUT2D eigenvalue weighted by Gasteiger charge is 2.46. The zero-order valence-electron chi connectivity index (χ0n) is 47.6. The Morgan fingerprint density at radius 2 is 0.948 bits per heavy atom. The summed E-state index contributed by atoms with van der Waals surface area (Å²) in [7, 11) is 0. The van der Waals surface area contributed by atoms with Crippen LogP contribution in [-0.4, -0.2) is 6.71 Å². The summed E-state index contributed by atoms with van der Waals surface area (Å²) in [6, 6.07) is 67.8. The maximum absolute atomic E-state index is 7.24. The van der Waals surface area contributed by atoms with Gasteiger partial charge in [-0.2, -0.15) is 0 Å². The third kappa shape index (κ3) is 7.67. The normalized spacial score (nSPS) is 14.5. The minimum absolute atomic E-state index is 0.0112. The third-order valence-corrected chi connectivity index (χ3v) is 17.5. The van der Waals surface area contributed by atoms with Crippen LogP contribution in [0.15, 0.2) is 176 Å². The maximum atomic E-state index is 7.24. The molecule has 3 nitrogen and oxygen atoms in total. The van der Waals surface area contributed by atoms with Gasteiger partial charge >= 0.3 is 0 Å². The highest BCUT2D eigenvalue weighted by molar-refractivity contribution is 6.99. The van der Waals surface area contributed by atoms with Crippen molar-refractivity contribution in [2.45, 2.75) is 124 Å². The van der Waals surface area contributed by atoms with Gasteiger partial charge in [0.2, 0.25) is 0 Å². The van der Waals surface area contributed by atoms with E-state index >= 15 is 0 Å². The highest BCUT2D eigenvalue weighted by Crippen LogP contribution is 2.57. The second-order valence-electron chi connectivity index (χ2n) is 27.1. The Morgan fingerprint density at radius 1 is 0.416 bits per heavy atom. The van der Waals surface area contributed by atoms with Gasteiger partial charge in [0.1, 0.15) is 11.5 Å². The summed E-state index contributed by atoms with van der Waals surface area (Å²) in [5.74, 6) is 1.88. The van der Waals surface area contributed by atoms with E-state index in [0.29, 0.717) is 0 Å². The molecule has 10 aromatic carbocycles. The van der Waals surface area contributed by atoms with Crippen LogP contribution in [0.2, 0.25) is 0 Å². The lowest BCUT2D eigenvalue weighted by atomic mass is 9.33. The molecular formula is C73H71BN2O. The largest absolute Gasteiger partial charge is 0.458 e. The maximum Gasteiger partial charge on any atom is 0.256 e. The van der Waals surface area contributed by atoms with Crippen molar-refractivity contribution < 1.29 is 4.74 Å². The Bertz CT molecular complexity index is 4060. The molecule has 0 atom stereocenters. The van der Waals surface area contributed by atoms with Crippen molar-refractivity contribution in [3.05, 3.63) is 209 Å². The van der Waals surface area contributed by atoms with Gasteiger partial charge < -0.3 is 14.5 Å². The van der Waals surface area contributed by atoms with Gasteiger partial charge in [-0.05, 0) is 176 Å². The zero-order valence-corrected chi connectivity index (χ0v) is 47.6. The van der Waals surface area contributed by atoms with Crippen LogP contribution < -0.4 is 30.9 Å². The van der Waals surface area contributed by atoms with Crippen LogP contribution in [0.25, 0.3) is 43.4 Å². The van der Waals surface area contributed by atoms with E-state index in [2.05, 4.69) is 283 Å². The summed E-state index contributed by atoms with van der Waals surface area (Å²) in [4.78, 5) is 5.18. The van der Waals surface area contributed by atoms with E-state index in [1.807, 2.05) is 0 Å². The first-order valence-electron chi connectivity index (χ1n) is 27.9. The second kappa shape index (κ2) is 16.7. The van der Waals surface area contributed by atoms with Crippen molar-refractivity contribution in [2.75, 3.05) is 9.80 Å². The summed E-state index contributed by atoms with van der Waals surface area (Å²) >= 11 is 0. The molecule has 0 N–H and O–H groups in total. The van der Waals surface area contributed by atoms with Gasteiger partial charge in [0.05, 0.1) is 5.69 Å². The lowest BCUT2D eigenvalue weighted by molar-refractivity contribution is 0.482. The molecule has 0 spiro atoms. The van der Waals surface area contributed by atoms with Gasteiger partial charge in [-0.1, -0.05) is 212 Å². The van der Waals surface area contributed by atoms with E-state index < -0.39 is 0 Å². The number of hydrogen-bond acceptors (Lipinski definition) is 3. The molecule has 10 aromatic rings. The minimum Gasteiger partial charge on any atom is -0.458 e. The fraction of sp³-hybridized carbons (Fsp3) is 0.260. The minimum atomic E-state index is -0.330. The van der Waals surface area contributed by atoms with Crippen molar-refractivity contribution in [3.8, 4) is 22.6 Å².